The molecule has 0 fully saturated rings. The molecular formula is C17H14ClN3O4. The van der Waals surface area contributed by atoms with Crippen molar-refractivity contribution in [1.29, 1.82) is 0 Å². The van der Waals surface area contributed by atoms with E-state index < -0.39 is 17.2 Å². The fraction of sp³-hybridized carbons (Fsp3) is 0.118. The van der Waals surface area contributed by atoms with Gasteiger partial charge in [0.25, 0.3) is 5.91 Å². The van der Waals surface area contributed by atoms with Crippen LogP contribution in [-0.2, 0) is 4.79 Å². The van der Waals surface area contributed by atoms with E-state index in [1.54, 1.807) is 49.4 Å². The minimum Gasteiger partial charge on any atom is -0.481 e. The van der Waals surface area contributed by atoms with Crippen molar-refractivity contribution in [2.45, 2.75) is 13.0 Å². The zero-order valence-corrected chi connectivity index (χ0v) is 13.9. The van der Waals surface area contributed by atoms with Crippen LogP contribution in [0, 0.1) is 0 Å². The molecule has 0 saturated carbocycles. The first kappa shape index (κ1) is 16.8. The monoisotopic (exact) mass is 359 g/mol. The van der Waals surface area contributed by atoms with Gasteiger partial charge in [-0.1, -0.05) is 11.6 Å². The average Bonchev–Trinajstić information content (AvgIpc) is 2.58. The smallest absolute Gasteiger partial charge is 0.314 e. The molecule has 0 saturated heterocycles. The van der Waals surface area contributed by atoms with Crippen molar-refractivity contribution in [3.8, 4) is 5.75 Å². The van der Waals surface area contributed by atoms with Gasteiger partial charge in [-0.05, 0) is 49.4 Å². The highest BCUT2D eigenvalue weighted by Gasteiger charge is 2.15. The number of benzene rings is 2. The summed E-state index contributed by atoms with van der Waals surface area (Å²) < 4.78 is 5.55. The summed E-state index contributed by atoms with van der Waals surface area (Å²) >= 11 is 5.80. The molecule has 0 aliphatic heterocycles. The maximum Gasteiger partial charge on any atom is 0.314 e. The molecule has 3 N–H and O–H groups in total. The highest BCUT2D eigenvalue weighted by molar-refractivity contribution is 6.30. The van der Waals surface area contributed by atoms with Gasteiger partial charge in [-0.3, -0.25) is 14.4 Å². The van der Waals surface area contributed by atoms with Crippen molar-refractivity contribution in [3.63, 3.8) is 0 Å². The maximum absolute atomic E-state index is 12.2. The third-order valence-corrected chi connectivity index (χ3v) is 3.74. The summed E-state index contributed by atoms with van der Waals surface area (Å²) in [4.78, 5) is 39.8. The number of hydrogen-bond donors (Lipinski definition) is 3. The quantitative estimate of drug-likeness (QED) is 0.621. The molecule has 0 spiro atoms. The Kier molecular flexibility index (Phi) is 4.58. The number of fused-ring (bicyclic) bond motifs is 1. The first-order valence-corrected chi connectivity index (χ1v) is 7.79. The third kappa shape index (κ3) is 3.89. The van der Waals surface area contributed by atoms with Crippen LogP contribution in [0.15, 0.2) is 52.1 Å². The van der Waals surface area contributed by atoms with Gasteiger partial charge in [0.05, 0.1) is 11.0 Å². The molecule has 0 aliphatic carbocycles. The van der Waals surface area contributed by atoms with Gasteiger partial charge in [0.1, 0.15) is 5.75 Å². The zero-order valence-electron chi connectivity index (χ0n) is 13.1. The van der Waals surface area contributed by atoms with E-state index in [9.17, 15) is 14.4 Å². The second kappa shape index (κ2) is 6.82. The molecule has 0 bridgehead atoms. The molecule has 0 radical (unpaired) electrons. The Morgan fingerprint density at radius 3 is 2.36 bits per heavy atom. The summed E-state index contributed by atoms with van der Waals surface area (Å²) in [5.41, 5.74) is -0.141. The summed E-state index contributed by atoms with van der Waals surface area (Å²) in [6, 6.07) is 11.4. The van der Waals surface area contributed by atoms with Gasteiger partial charge < -0.3 is 20.0 Å². The number of hydrogen-bond acceptors (Lipinski definition) is 4. The lowest BCUT2D eigenvalue weighted by molar-refractivity contribution is -0.122. The van der Waals surface area contributed by atoms with E-state index in [4.69, 9.17) is 16.3 Å². The second-order valence-corrected chi connectivity index (χ2v) is 5.81. The number of amides is 1. The summed E-state index contributed by atoms with van der Waals surface area (Å²) in [5, 5.41) is 3.27. The largest absolute Gasteiger partial charge is 0.481 e. The molecule has 1 heterocycles. The van der Waals surface area contributed by atoms with Crippen molar-refractivity contribution in [1.82, 2.24) is 9.97 Å². The number of H-pyrrole nitrogens is 2. The lowest BCUT2D eigenvalue weighted by Gasteiger charge is -2.15. The van der Waals surface area contributed by atoms with Crippen molar-refractivity contribution < 1.29 is 9.53 Å². The topological polar surface area (TPSA) is 104 Å². The van der Waals surface area contributed by atoms with E-state index in [2.05, 4.69) is 15.3 Å². The number of anilines is 1. The molecule has 7 nitrogen and oxygen atoms in total. The van der Waals surface area contributed by atoms with Crippen LogP contribution in [0.3, 0.4) is 0 Å². The molecule has 1 aromatic heterocycles. The molecule has 3 rings (SSSR count). The molecule has 1 atom stereocenters. The van der Waals surface area contributed by atoms with Crippen LogP contribution in [0.5, 0.6) is 5.75 Å². The zero-order chi connectivity index (χ0) is 18.0. The third-order valence-electron chi connectivity index (χ3n) is 3.49. The van der Waals surface area contributed by atoms with E-state index in [1.807, 2.05) is 0 Å². The van der Waals surface area contributed by atoms with E-state index in [0.717, 1.165) is 0 Å². The summed E-state index contributed by atoms with van der Waals surface area (Å²) in [6.07, 6.45) is -0.744. The molecule has 2 aromatic carbocycles. The van der Waals surface area contributed by atoms with Gasteiger partial charge in [-0.25, -0.2) is 0 Å². The first-order chi connectivity index (χ1) is 11.9. The average molecular weight is 360 g/mol. The van der Waals surface area contributed by atoms with Gasteiger partial charge >= 0.3 is 11.1 Å². The maximum atomic E-state index is 12.2. The predicted octanol–water partition coefficient (Wildman–Crippen LogP) is 2.28. The number of rotatable bonds is 4. The SMILES string of the molecule is CC(Oc1ccc(Cl)cc1)C(=O)Nc1ccc2[nH]c(=O)c(=O)[nH]c2c1. The minimum atomic E-state index is -0.754. The predicted molar refractivity (Wildman–Crippen MR) is 95.4 cm³/mol. The number of aromatic nitrogens is 2. The van der Waals surface area contributed by atoms with Crippen LogP contribution in [-0.4, -0.2) is 22.0 Å². The summed E-state index contributed by atoms with van der Waals surface area (Å²) in [5.74, 6) is 0.161. The Morgan fingerprint density at radius 1 is 1.04 bits per heavy atom. The van der Waals surface area contributed by atoms with Crippen LogP contribution in [0.2, 0.25) is 5.02 Å². The van der Waals surface area contributed by atoms with Crippen LogP contribution in [0.4, 0.5) is 5.69 Å². The fourth-order valence-electron chi connectivity index (χ4n) is 2.21. The van der Waals surface area contributed by atoms with Gasteiger partial charge in [0.15, 0.2) is 6.10 Å². The van der Waals surface area contributed by atoms with E-state index >= 15 is 0 Å². The van der Waals surface area contributed by atoms with E-state index in [0.29, 0.717) is 27.5 Å². The van der Waals surface area contributed by atoms with Crippen molar-refractivity contribution in [2.75, 3.05) is 5.32 Å². The highest BCUT2D eigenvalue weighted by Crippen LogP contribution is 2.18. The molecule has 0 aliphatic rings. The number of nitrogens with one attached hydrogen (secondary N) is 3. The molecule has 3 aromatic rings. The lowest BCUT2D eigenvalue weighted by Crippen LogP contribution is -2.30. The summed E-state index contributed by atoms with van der Waals surface area (Å²) in [6.45, 7) is 1.62. The lowest BCUT2D eigenvalue weighted by atomic mass is 10.2. The van der Waals surface area contributed by atoms with Crippen LogP contribution in [0.1, 0.15) is 6.92 Å². The van der Waals surface area contributed by atoms with Crippen molar-refractivity contribution in [2.24, 2.45) is 0 Å². The van der Waals surface area contributed by atoms with E-state index in [-0.39, 0.29) is 5.91 Å². The first-order valence-electron chi connectivity index (χ1n) is 7.42. The van der Waals surface area contributed by atoms with Crippen LogP contribution >= 0.6 is 11.6 Å². The van der Waals surface area contributed by atoms with Gasteiger partial charge in [-0.2, -0.15) is 0 Å². The van der Waals surface area contributed by atoms with Gasteiger partial charge in [0, 0.05) is 10.7 Å². The Hall–Kier alpha value is -3.06. The number of carbonyl (C=O) groups is 1. The highest BCUT2D eigenvalue weighted by atomic mass is 35.5. The Labute approximate surface area is 146 Å². The van der Waals surface area contributed by atoms with Crippen LogP contribution < -0.4 is 21.2 Å². The Bertz CT molecular complexity index is 1040. The molecule has 1 unspecified atom stereocenters. The minimum absolute atomic E-state index is 0.360. The molecule has 1 amide bonds. The molecule has 128 valence electrons. The molecule has 8 heteroatoms. The van der Waals surface area contributed by atoms with Gasteiger partial charge in [-0.15, -0.1) is 0 Å². The number of carbonyl (C=O) groups excluding carboxylic acids is 1. The van der Waals surface area contributed by atoms with E-state index in [1.165, 1.54) is 0 Å². The standard InChI is InChI=1S/C17H14ClN3O4/c1-9(25-12-5-2-10(18)3-6-12)15(22)19-11-4-7-13-14(8-11)21-17(24)16(23)20-13/h2-9H,1H3,(H,19,22)(H,20,23)(H,21,24). The van der Waals surface area contributed by atoms with Gasteiger partial charge in [0.2, 0.25) is 0 Å². The second-order valence-electron chi connectivity index (χ2n) is 5.37. The number of ether oxygens (including phenoxy) is 1. The van der Waals surface area contributed by atoms with Crippen molar-refractivity contribution in [3.05, 3.63) is 68.2 Å². The molecule has 25 heavy (non-hydrogen) atoms. The fourth-order valence-corrected chi connectivity index (χ4v) is 2.33. The normalized spacial score (nSPS) is 11.9. The number of aromatic amines is 2. The summed E-state index contributed by atoms with van der Waals surface area (Å²) in [7, 11) is 0. The molecular weight excluding hydrogens is 346 g/mol. The Balaban J connectivity index is 1.74. The Morgan fingerprint density at radius 2 is 1.68 bits per heavy atom. The number of halogens is 1. The van der Waals surface area contributed by atoms with Crippen LogP contribution in [0.25, 0.3) is 11.0 Å². The van der Waals surface area contributed by atoms with Crippen molar-refractivity contribution >= 4 is 34.2 Å².